The number of hydrogen-bond donors (Lipinski definition) is 1. The first-order valence-electron chi connectivity index (χ1n) is 9.49. The summed E-state index contributed by atoms with van der Waals surface area (Å²) < 4.78 is 40.6. The number of thiazole rings is 1. The molecular weight excluding hydrogens is 403 g/mol. The number of carbonyl (C=O) groups is 1. The van der Waals surface area contributed by atoms with Crippen LogP contribution in [-0.2, 0) is 11.3 Å². The van der Waals surface area contributed by atoms with Gasteiger partial charge in [0.2, 0.25) is 5.91 Å². The van der Waals surface area contributed by atoms with Gasteiger partial charge in [-0.3, -0.25) is 9.69 Å². The molecule has 0 spiro atoms. The summed E-state index contributed by atoms with van der Waals surface area (Å²) in [5.74, 6) is -0.349. The molecule has 29 heavy (non-hydrogen) atoms. The molecule has 3 rings (SSSR count). The molecule has 1 N–H and O–H groups in total. The van der Waals surface area contributed by atoms with Crippen LogP contribution in [0.15, 0.2) is 29.6 Å². The highest BCUT2D eigenvalue weighted by Crippen LogP contribution is 2.25. The second-order valence-corrected chi connectivity index (χ2v) is 8.32. The van der Waals surface area contributed by atoms with Crippen molar-refractivity contribution in [3.05, 3.63) is 45.9 Å². The van der Waals surface area contributed by atoms with Gasteiger partial charge >= 0.3 is 6.36 Å². The fourth-order valence-electron chi connectivity index (χ4n) is 3.44. The van der Waals surface area contributed by atoms with Crippen LogP contribution in [0.25, 0.3) is 0 Å². The fraction of sp³-hybridized carbons (Fsp3) is 0.500. The zero-order valence-corrected chi connectivity index (χ0v) is 17.1. The van der Waals surface area contributed by atoms with Crippen molar-refractivity contribution in [2.75, 3.05) is 13.1 Å². The van der Waals surface area contributed by atoms with Crippen LogP contribution in [0.4, 0.5) is 13.2 Å². The van der Waals surface area contributed by atoms with E-state index in [1.165, 1.54) is 24.3 Å². The average Bonchev–Trinajstić information content (AvgIpc) is 3.06. The number of ether oxygens (including phenoxy) is 1. The van der Waals surface area contributed by atoms with Gasteiger partial charge in [-0.1, -0.05) is 12.1 Å². The van der Waals surface area contributed by atoms with Gasteiger partial charge in [0, 0.05) is 17.8 Å². The number of rotatable bonds is 6. The van der Waals surface area contributed by atoms with Gasteiger partial charge in [0.25, 0.3) is 0 Å². The molecule has 5 nitrogen and oxygen atoms in total. The van der Waals surface area contributed by atoms with E-state index in [1.54, 1.807) is 11.3 Å². The predicted octanol–water partition coefficient (Wildman–Crippen LogP) is 4.44. The van der Waals surface area contributed by atoms with E-state index in [4.69, 9.17) is 0 Å². The Morgan fingerprint density at radius 3 is 2.52 bits per heavy atom. The number of aromatic nitrogens is 1. The number of amides is 1. The second kappa shape index (κ2) is 9.13. The molecule has 1 amide bonds. The van der Waals surface area contributed by atoms with E-state index in [-0.39, 0.29) is 23.6 Å². The van der Waals surface area contributed by atoms with Crippen molar-refractivity contribution in [3.8, 4) is 5.75 Å². The van der Waals surface area contributed by atoms with Crippen LogP contribution in [0.5, 0.6) is 5.75 Å². The number of nitrogens with one attached hydrogen (secondary N) is 1. The van der Waals surface area contributed by atoms with Gasteiger partial charge in [-0.2, -0.15) is 0 Å². The van der Waals surface area contributed by atoms with Crippen molar-refractivity contribution in [3.63, 3.8) is 0 Å². The molecule has 1 aliphatic rings. The smallest absolute Gasteiger partial charge is 0.406 e. The first kappa shape index (κ1) is 21.6. The summed E-state index contributed by atoms with van der Waals surface area (Å²) in [6.45, 7) is 6.29. The average molecular weight is 427 g/mol. The third-order valence-electron chi connectivity index (χ3n) is 4.98. The standard InChI is InChI=1S/C20H24F3N3O2S/c1-13(15-3-5-18(6-4-15)28-20(21,22)23)24-19(27)16-7-9-26(10-8-16)11-17-12-29-14(2)25-17/h3-6,12-13,16H,7-11H2,1-2H3,(H,24,27). The van der Waals surface area contributed by atoms with Crippen molar-refractivity contribution >= 4 is 17.2 Å². The van der Waals surface area contributed by atoms with Crippen molar-refractivity contribution in [1.29, 1.82) is 0 Å². The summed E-state index contributed by atoms with van der Waals surface area (Å²) in [5.41, 5.74) is 1.80. The van der Waals surface area contributed by atoms with Crippen LogP contribution < -0.4 is 10.1 Å². The Hall–Kier alpha value is -2.13. The van der Waals surface area contributed by atoms with E-state index >= 15 is 0 Å². The summed E-state index contributed by atoms with van der Waals surface area (Å²) >= 11 is 1.64. The lowest BCUT2D eigenvalue weighted by Gasteiger charge is -2.31. The van der Waals surface area contributed by atoms with Crippen LogP contribution in [0.3, 0.4) is 0 Å². The first-order chi connectivity index (χ1) is 13.7. The number of aryl methyl sites for hydroxylation is 1. The highest BCUT2D eigenvalue weighted by atomic mass is 32.1. The molecule has 1 aliphatic heterocycles. The normalized spacial score (nSPS) is 17.1. The van der Waals surface area contributed by atoms with E-state index in [0.717, 1.165) is 48.7 Å². The van der Waals surface area contributed by atoms with Gasteiger partial charge in [-0.25, -0.2) is 4.98 Å². The molecule has 1 aromatic heterocycles. The molecule has 0 bridgehead atoms. The Balaban J connectivity index is 1.46. The number of likely N-dealkylation sites (tertiary alicyclic amines) is 1. The Morgan fingerprint density at radius 2 is 1.97 bits per heavy atom. The minimum Gasteiger partial charge on any atom is -0.406 e. The maximum Gasteiger partial charge on any atom is 0.573 e. The van der Waals surface area contributed by atoms with Crippen LogP contribution >= 0.6 is 11.3 Å². The Bertz CT molecular complexity index is 815. The lowest BCUT2D eigenvalue weighted by Crippen LogP contribution is -2.40. The molecule has 0 radical (unpaired) electrons. The van der Waals surface area contributed by atoms with E-state index in [1.807, 2.05) is 13.8 Å². The third kappa shape index (κ3) is 6.43. The molecule has 0 saturated carbocycles. The Morgan fingerprint density at radius 1 is 1.31 bits per heavy atom. The van der Waals surface area contributed by atoms with Gasteiger partial charge in [-0.05, 0) is 57.5 Å². The number of piperidine rings is 1. The molecule has 1 aromatic carbocycles. The minimum atomic E-state index is -4.71. The van der Waals surface area contributed by atoms with E-state index in [2.05, 4.69) is 25.3 Å². The Labute approximate surface area is 171 Å². The molecule has 9 heteroatoms. The van der Waals surface area contributed by atoms with Gasteiger partial charge < -0.3 is 10.1 Å². The topological polar surface area (TPSA) is 54.5 Å². The van der Waals surface area contributed by atoms with Gasteiger partial charge in [0.1, 0.15) is 5.75 Å². The molecule has 1 unspecified atom stereocenters. The van der Waals surface area contributed by atoms with Gasteiger partial charge in [-0.15, -0.1) is 24.5 Å². The second-order valence-electron chi connectivity index (χ2n) is 7.26. The minimum absolute atomic E-state index is 0.0164. The quantitative estimate of drug-likeness (QED) is 0.741. The van der Waals surface area contributed by atoms with Crippen LogP contribution in [-0.4, -0.2) is 35.2 Å². The molecule has 1 atom stereocenters. The number of benzene rings is 1. The molecule has 2 heterocycles. The van der Waals surface area contributed by atoms with Crippen molar-refractivity contribution in [2.24, 2.45) is 5.92 Å². The lowest BCUT2D eigenvalue weighted by atomic mass is 9.95. The molecule has 2 aromatic rings. The van der Waals surface area contributed by atoms with Gasteiger partial charge in [0.05, 0.1) is 16.7 Å². The zero-order chi connectivity index (χ0) is 21.0. The summed E-state index contributed by atoms with van der Waals surface area (Å²) in [4.78, 5) is 19.4. The van der Waals surface area contributed by atoms with Crippen molar-refractivity contribution in [1.82, 2.24) is 15.2 Å². The highest BCUT2D eigenvalue weighted by molar-refractivity contribution is 7.09. The van der Waals surface area contributed by atoms with Gasteiger partial charge in [0.15, 0.2) is 0 Å². The number of carbonyl (C=O) groups excluding carboxylic acids is 1. The van der Waals surface area contributed by atoms with Crippen LogP contribution in [0.1, 0.15) is 42.1 Å². The van der Waals surface area contributed by atoms with E-state index in [0.29, 0.717) is 0 Å². The monoisotopic (exact) mass is 427 g/mol. The maximum absolute atomic E-state index is 12.6. The predicted molar refractivity (Wildman–Crippen MR) is 105 cm³/mol. The summed E-state index contributed by atoms with van der Waals surface area (Å²) in [6, 6.07) is 5.28. The summed E-state index contributed by atoms with van der Waals surface area (Å²) in [7, 11) is 0. The maximum atomic E-state index is 12.6. The number of halogens is 3. The van der Waals surface area contributed by atoms with E-state index < -0.39 is 6.36 Å². The SMILES string of the molecule is Cc1nc(CN2CCC(C(=O)NC(C)c3ccc(OC(F)(F)F)cc3)CC2)cs1. The summed E-state index contributed by atoms with van der Waals surface area (Å²) in [5, 5.41) is 6.10. The number of hydrogen-bond acceptors (Lipinski definition) is 5. The van der Waals surface area contributed by atoms with E-state index in [9.17, 15) is 18.0 Å². The molecule has 1 fully saturated rings. The van der Waals surface area contributed by atoms with Crippen molar-refractivity contribution in [2.45, 2.75) is 45.6 Å². The third-order valence-corrected chi connectivity index (χ3v) is 5.81. The zero-order valence-electron chi connectivity index (χ0n) is 16.3. The van der Waals surface area contributed by atoms with Crippen molar-refractivity contribution < 1.29 is 22.7 Å². The summed E-state index contributed by atoms with van der Waals surface area (Å²) in [6.07, 6.45) is -3.16. The van der Waals surface area contributed by atoms with Crippen LogP contribution in [0.2, 0.25) is 0 Å². The largest absolute Gasteiger partial charge is 0.573 e. The molecular formula is C20H24F3N3O2S. The first-order valence-corrected chi connectivity index (χ1v) is 10.4. The molecule has 0 aliphatic carbocycles. The molecule has 158 valence electrons. The lowest BCUT2D eigenvalue weighted by molar-refractivity contribution is -0.274. The van der Waals surface area contributed by atoms with Crippen LogP contribution in [0, 0.1) is 12.8 Å². The fourth-order valence-corrected chi connectivity index (χ4v) is 4.04. The highest BCUT2D eigenvalue weighted by Gasteiger charge is 2.31. The Kier molecular flexibility index (Phi) is 6.79. The number of nitrogens with zero attached hydrogens (tertiary/aromatic N) is 2. The number of alkyl halides is 3. The molecule has 1 saturated heterocycles.